The van der Waals surface area contributed by atoms with Crippen molar-refractivity contribution in [1.29, 1.82) is 0 Å². The van der Waals surface area contributed by atoms with Gasteiger partial charge < -0.3 is 15.0 Å². The van der Waals surface area contributed by atoms with E-state index in [0.717, 1.165) is 11.6 Å². The molecule has 1 N–H and O–H groups in total. The number of amides is 2. The molecule has 2 amide bonds. The number of halogens is 4. The molecular formula is C24H19ClF3N3O3. The van der Waals surface area contributed by atoms with Crippen LogP contribution in [0.3, 0.4) is 0 Å². The molecule has 0 saturated carbocycles. The molecule has 1 aromatic heterocycles. The van der Waals surface area contributed by atoms with E-state index in [0.29, 0.717) is 30.2 Å². The summed E-state index contributed by atoms with van der Waals surface area (Å²) in [5.74, 6) is 0.114. The van der Waals surface area contributed by atoms with Crippen LogP contribution in [0.25, 0.3) is 0 Å². The van der Waals surface area contributed by atoms with Crippen molar-refractivity contribution < 1.29 is 27.5 Å². The largest absolute Gasteiger partial charge is 0.457 e. The molecule has 3 aromatic rings. The zero-order valence-corrected chi connectivity index (χ0v) is 18.7. The minimum absolute atomic E-state index is 0.164. The summed E-state index contributed by atoms with van der Waals surface area (Å²) in [5.41, 5.74) is 0.504. The predicted molar refractivity (Wildman–Crippen MR) is 120 cm³/mol. The first-order chi connectivity index (χ1) is 16.2. The fourth-order valence-corrected chi connectivity index (χ4v) is 4.16. The monoisotopic (exact) mass is 489 g/mol. The summed E-state index contributed by atoms with van der Waals surface area (Å²) in [6.45, 7) is 0.343. The minimum atomic E-state index is -4.66. The molecule has 0 fully saturated rings. The third-order valence-corrected chi connectivity index (χ3v) is 5.71. The molecule has 0 atom stereocenters. The molecule has 0 saturated heterocycles. The van der Waals surface area contributed by atoms with Gasteiger partial charge >= 0.3 is 6.18 Å². The van der Waals surface area contributed by atoms with E-state index >= 15 is 0 Å². The first-order valence-electron chi connectivity index (χ1n) is 10.3. The summed E-state index contributed by atoms with van der Waals surface area (Å²) in [5, 5.41) is 2.06. The Morgan fingerprint density at radius 1 is 1.15 bits per heavy atom. The van der Waals surface area contributed by atoms with Gasteiger partial charge in [0.1, 0.15) is 17.2 Å². The fraction of sp³-hybridized carbons (Fsp3) is 0.208. The topological polar surface area (TPSA) is 71.5 Å². The van der Waals surface area contributed by atoms with Gasteiger partial charge in [-0.05, 0) is 47.9 Å². The van der Waals surface area contributed by atoms with Crippen LogP contribution >= 0.6 is 11.6 Å². The van der Waals surface area contributed by atoms with E-state index in [4.69, 9.17) is 16.3 Å². The van der Waals surface area contributed by atoms with E-state index < -0.39 is 29.1 Å². The molecule has 34 heavy (non-hydrogen) atoms. The zero-order chi connectivity index (χ0) is 24.5. The van der Waals surface area contributed by atoms with Gasteiger partial charge in [0, 0.05) is 31.5 Å². The molecule has 10 heteroatoms. The zero-order valence-electron chi connectivity index (χ0n) is 17.9. The van der Waals surface area contributed by atoms with Gasteiger partial charge in [0.25, 0.3) is 5.91 Å². The molecule has 1 aliphatic rings. The maximum absolute atomic E-state index is 13.4. The van der Waals surface area contributed by atoms with Crippen molar-refractivity contribution in [2.75, 3.05) is 18.5 Å². The molecule has 1 aliphatic heterocycles. The maximum atomic E-state index is 13.4. The fourth-order valence-electron chi connectivity index (χ4n) is 3.86. The van der Waals surface area contributed by atoms with Crippen molar-refractivity contribution in [3.05, 3.63) is 82.1 Å². The lowest BCUT2D eigenvalue weighted by Crippen LogP contribution is -2.31. The Morgan fingerprint density at radius 2 is 1.91 bits per heavy atom. The Hall–Kier alpha value is -3.59. The minimum Gasteiger partial charge on any atom is -0.457 e. The number of nitrogens with one attached hydrogen (secondary N) is 1. The van der Waals surface area contributed by atoms with Crippen LogP contribution in [-0.2, 0) is 23.8 Å². The smallest absolute Gasteiger partial charge is 0.418 e. The van der Waals surface area contributed by atoms with Crippen LogP contribution in [0.1, 0.15) is 27.2 Å². The van der Waals surface area contributed by atoms with Crippen molar-refractivity contribution in [3.63, 3.8) is 0 Å². The van der Waals surface area contributed by atoms with Crippen molar-refractivity contribution >= 4 is 29.1 Å². The number of pyridine rings is 1. The van der Waals surface area contributed by atoms with Crippen LogP contribution in [0, 0.1) is 0 Å². The second-order valence-electron chi connectivity index (χ2n) is 7.59. The van der Waals surface area contributed by atoms with Crippen LogP contribution in [0.4, 0.5) is 18.9 Å². The van der Waals surface area contributed by atoms with Gasteiger partial charge in [-0.15, -0.1) is 0 Å². The van der Waals surface area contributed by atoms with E-state index in [9.17, 15) is 22.8 Å². The lowest BCUT2D eigenvalue weighted by atomic mass is 10.0. The van der Waals surface area contributed by atoms with Gasteiger partial charge in [-0.1, -0.05) is 23.7 Å². The summed E-state index contributed by atoms with van der Waals surface area (Å²) >= 11 is 5.77. The average molecular weight is 490 g/mol. The van der Waals surface area contributed by atoms with Gasteiger partial charge in [-0.3, -0.25) is 14.6 Å². The number of rotatable bonds is 5. The first-order valence-corrected chi connectivity index (χ1v) is 10.7. The van der Waals surface area contributed by atoms with Gasteiger partial charge in [-0.2, -0.15) is 13.2 Å². The summed E-state index contributed by atoms with van der Waals surface area (Å²) in [4.78, 5) is 30.1. The number of carbonyl (C=O) groups is 2. The van der Waals surface area contributed by atoms with E-state index in [2.05, 4.69) is 10.3 Å². The first kappa shape index (κ1) is 23.6. The second kappa shape index (κ2) is 9.34. The number of fused-ring (bicyclic) bond motifs is 1. The molecule has 0 aliphatic carbocycles. The van der Waals surface area contributed by atoms with Gasteiger partial charge in [0.2, 0.25) is 5.91 Å². The highest BCUT2D eigenvalue weighted by atomic mass is 35.5. The third kappa shape index (κ3) is 4.84. The van der Waals surface area contributed by atoms with E-state index in [1.807, 2.05) is 0 Å². The molecule has 0 spiro atoms. The number of alkyl halides is 3. The molecule has 176 valence electrons. The number of hydrogen-bond acceptors (Lipinski definition) is 4. The molecule has 0 unspecified atom stereocenters. The molecule has 6 nitrogen and oxygen atoms in total. The van der Waals surface area contributed by atoms with Crippen LogP contribution in [0.15, 0.2) is 54.7 Å². The number of benzene rings is 2. The standard InChI is InChI=1S/C24H19ClF3N3O3/c1-29-23(33)19-13-17(7-9-30-19)34-16-5-6-20-14(11-16)8-10-31(20)21(32)12-15-3-2-4-18(25)22(15)24(26,27)28/h2-7,9,11,13H,8,10,12H2,1H3,(H,29,33). The Kier molecular flexibility index (Phi) is 6.47. The Bertz CT molecular complexity index is 1260. The average Bonchev–Trinajstić information content (AvgIpc) is 3.21. The van der Waals surface area contributed by atoms with Crippen LogP contribution in [0.2, 0.25) is 5.02 Å². The number of ether oxygens (including phenoxy) is 1. The predicted octanol–water partition coefficient (Wildman–Crippen LogP) is 5.04. The number of aromatic nitrogens is 1. The summed E-state index contributed by atoms with van der Waals surface area (Å²) in [6.07, 6.45) is -3.10. The molecular weight excluding hydrogens is 471 g/mol. The second-order valence-corrected chi connectivity index (χ2v) is 8.00. The van der Waals surface area contributed by atoms with Gasteiger partial charge in [0.15, 0.2) is 0 Å². The Morgan fingerprint density at radius 3 is 2.65 bits per heavy atom. The number of carbonyl (C=O) groups excluding carboxylic acids is 2. The highest BCUT2D eigenvalue weighted by Crippen LogP contribution is 2.38. The van der Waals surface area contributed by atoms with Crippen molar-refractivity contribution in [3.8, 4) is 11.5 Å². The van der Waals surface area contributed by atoms with Crippen molar-refractivity contribution in [1.82, 2.24) is 10.3 Å². The van der Waals surface area contributed by atoms with Gasteiger partial charge in [0.05, 0.1) is 17.0 Å². The SMILES string of the molecule is CNC(=O)c1cc(Oc2ccc3c(c2)CCN3C(=O)Cc2cccc(Cl)c2C(F)(F)F)ccn1. The molecule has 2 aromatic carbocycles. The Labute approximate surface area is 198 Å². The van der Waals surface area contributed by atoms with Crippen molar-refractivity contribution in [2.24, 2.45) is 0 Å². The van der Waals surface area contributed by atoms with E-state index in [1.165, 1.54) is 36.3 Å². The van der Waals surface area contributed by atoms with Gasteiger partial charge in [-0.25, -0.2) is 0 Å². The Balaban J connectivity index is 1.52. The molecule has 4 rings (SSSR count). The highest BCUT2D eigenvalue weighted by Gasteiger charge is 2.37. The number of nitrogens with zero attached hydrogens (tertiary/aromatic N) is 2. The van der Waals surface area contributed by atoms with Crippen molar-refractivity contribution in [2.45, 2.75) is 19.0 Å². The molecule has 2 heterocycles. The van der Waals surface area contributed by atoms with Crippen LogP contribution in [-0.4, -0.2) is 30.4 Å². The number of anilines is 1. The number of hydrogen-bond donors (Lipinski definition) is 1. The summed E-state index contributed by atoms with van der Waals surface area (Å²) in [6, 6.07) is 12.1. The lowest BCUT2D eigenvalue weighted by molar-refractivity contribution is -0.138. The van der Waals surface area contributed by atoms with E-state index in [1.54, 1.807) is 24.3 Å². The highest BCUT2D eigenvalue weighted by molar-refractivity contribution is 6.31. The van der Waals surface area contributed by atoms with Crippen LogP contribution in [0.5, 0.6) is 11.5 Å². The van der Waals surface area contributed by atoms with Crippen LogP contribution < -0.4 is 15.0 Å². The summed E-state index contributed by atoms with van der Waals surface area (Å²) < 4.78 is 46.2. The summed E-state index contributed by atoms with van der Waals surface area (Å²) in [7, 11) is 1.50. The molecule has 0 bridgehead atoms. The lowest BCUT2D eigenvalue weighted by Gasteiger charge is -2.20. The third-order valence-electron chi connectivity index (χ3n) is 5.40. The molecule has 0 radical (unpaired) electrons. The maximum Gasteiger partial charge on any atom is 0.418 e. The van der Waals surface area contributed by atoms with E-state index in [-0.39, 0.29) is 17.2 Å². The normalized spacial score (nSPS) is 12.9. The quantitative estimate of drug-likeness (QED) is 0.545.